The molecular formula is C16H17NO3. The first-order valence-corrected chi connectivity index (χ1v) is 7.01. The van der Waals surface area contributed by atoms with Crippen molar-refractivity contribution in [3.63, 3.8) is 0 Å². The van der Waals surface area contributed by atoms with Crippen LogP contribution in [0.25, 0.3) is 0 Å². The maximum Gasteiger partial charge on any atom is 0.205 e. The smallest absolute Gasteiger partial charge is 0.205 e. The Morgan fingerprint density at radius 2 is 1.80 bits per heavy atom. The molecule has 1 saturated heterocycles. The highest BCUT2D eigenvalue weighted by Gasteiger charge is 2.27. The standard InChI is InChI=1S/C16H17NO3/c18-14-11-20-15-7-3-2-6-12(15)16(19)13(14)10-17-8-4-1-5-9-17/h2-3,6-7,10H,1,4-5,8-9,11H2. The number of likely N-dealkylation sites (tertiary alicyclic amines) is 1. The summed E-state index contributed by atoms with van der Waals surface area (Å²) in [6.07, 6.45) is 5.17. The Kier molecular flexibility index (Phi) is 3.54. The molecule has 4 heteroatoms. The second-order valence-electron chi connectivity index (χ2n) is 5.18. The van der Waals surface area contributed by atoms with Crippen molar-refractivity contribution in [1.82, 2.24) is 4.90 Å². The van der Waals surface area contributed by atoms with Gasteiger partial charge < -0.3 is 9.64 Å². The molecule has 1 fully saturated rings. The first-order chi connectivity index (χ1) is 9.75. The number of carbonyl (C=O) groups excluding carboxylic acids is 2. The summed E-state index contributed by atoms with van der Waals surface area (Å²) in [5.74, 6) is 0.0262. The van der Waals surface area contributed by atoms with E-state index in [1.165, 1.54) is 6.42 Å². The van der Waals surface area contributed by atoms with E-state index in [-0.39, 0.29) is 23.7 Å². The van der Waals surface area contributed by atoms with Crippen LogP contribution in [0.5, 0.6) is 5.75 Å². The van der Waals surface area contributed by atoms with Crippen molar-refractivity contribution in [2.24, 2.45) is 0 Å². The summed E-state index contributed by atoms with van der Waals surface area (Å²) >= 11 is 0. The highest BCUT2D eigenvalue weighted by Crippen LogP contribution is 2.25. The van der Waals surface area contributed by atoms with Crippen LogP contribution in [-0.2, 0) is 4.79 Å². The molecule has 0 bridgehead atoms. The van der Waals surface area contributed by atoms with Crippen molar-refractivity contribution in [2.75, 3.05) is 19.7 Å². The van der Waals surface area contributed by atoms with E-state index < -0.39 is 0 Å². The molecule has 20 heavy (non-hydrogen) atoms. The number of Topliss-reactive ketones (excluding diaryl/α,β-unsaturated/α-hetero) is 2. The molecule has 0 N–H and O–H groups in total. The van der Waals surface area contributed by atoms with Gasteiger partial charge in [0.15, 0.2) is 6.61 Å². The maximum absolute atomic E-state index is 12.5. The number of benzene rings is 1. The molecule has 1 aromatic carbocycles. The predicted molar refractivity (Wildman–Crippen MR) is 74.8 cm³/mol. The monoisotopic (exact) mass is 271 g/mol. The molecule has 0 amide bonds. The van der Waals surface area contributed by atoms with Crippen LogP contribution in [0.15, 0.2) is 36.0 Å². The van der Waals surface area contributed by atoms with Crippen LogP contribution in [0, 0.1) is 0 Å². The number of ether oxygens (including phenoxy) is 1. The lowest BCUT2D eigenvalue weighted by Gasteiger charge is -2.25. The number of nitrogens with zero attached hydrogens (tertiary/aromatic N) is 1. The van der Waals surface area contributed by atoms with E-state index in [9.17, 15) is 9.59 Å². The molecule has 2 aliphatic rings. The van der Waals surface area contributed by atoms with Gasteiger partial charge in [-0.2, -0.15) is 0 Å². The van der Waals surface area contributed by atoms with Crippen LogP contribution in [0.2, 0.25) is 0 Å². The molecule has 4 nitrogen and oxygen atoms in total. The predicted octanol–water partition coefficient (Wildman–Crippen LogP) is 2.20. The van der Waals surface area contributed by atoms with Gasteiger partial charge in [-0.3, -0.25) is 9.59 Å². The third-order valence-electron chi connectivity index (χ3n) is 3.74. The molecule has 0 unspecified atom stereocenters. The summed E-state index contributed by atoms with van der Waals surface area (Å²) < 4.78 is 5.42. The minimum Gasteiger partial charge on any atom is -0.485 e. The van der Waals surface area contributed by atoms with Crippen molar-refractivity contribution < 1.29 is 14.3 Å². The van der Waals surface area contributed by atoms with E-state index in [0.717, 1.165) is 25.9 Å². The normalized spacial score (nSPS) is 21.4. The third-order valence-corrected chi connectivity index (χ3v) is 3.74. The number of rotatable bonds is 1. The van der Waals surface area contributed by atoms with Crippen molar-refractivity contribution in [3.05, 3.63) is 41.6 Å². The second-order valence-corrected chi connectivity index (χ2v) is 5.18. The minimum atomic E-state index is -0.239. The van der Waals surface area contributed by atoms with Crippen molar-refractivity contribution in [2.45, 2.75) is 19.3 Å². The van der Waals surface area contributed by atoms with Crippen LogP contribution in [-0.4, -0.2) is 36.2 Å². The third kappa shape index (κ3) is 2.46. The van der Waals surface area contributed by atoms with Crippen LogP contribution in [0.1, 0.15) is 29.6 Å². The fraction of sp³-hybridized carbons (Fsp3) is 0.375. The van der Waals surface area contributed by atoms with Crippen LogP contribution < -0.4 is 4.74 Å². The Bertz CT molecular complexity index is 571. The summed E-state index contributed by atoms with van der Waals surface area (Å²) in [7, 11) is 0. The molecule has 0 radical (unpaired) electrons. The van der Waals surface area contributed by atoms with E-state index >= 15 is 0 Å². The lowest BCUT2D eigenvalue weighted by atomic mass is 10.0. The highest BCUT2D eigenvalue weighted by atomic mass is 16.5. The summed E-state index contributed by atoms with van der Waals surface area (Å²) in [5, 5.41) is 0. The Balaban J connectivity index is 1.95. The van der Waals surface area contributed by atoms with E-state index in [2.05, 4.69) is 4.90 Å². The molecular weight excluding hydrogens is 254 g/mol. The number of hydrogen-bond acceptors (Lipinski definition) is 4. The van der Waals surface area contributed by atoms with Gasteiger partial charge >= 0.3 is 0 Å². The molecule has 2 heterocycles. The highest BCUT2D eigenvalue weighted by molar-refractivity contribution is 6.28. The largest absolute Gasteiger partial charge is 0.485 e. The van der Waals surface area contributed by atoms with Crippen LogP contribution >= 0.6 is 0 Å². The van der Waals surface area contributed by atoms with Gasteiger partial charge in [0.2, 0.25) is 11.6 Å². The summed E-state index contributed by atoms with van der Waals surface area (Å²) in [6, 6.07) is 7.02. The summed E-state index contributed by atoms with van der Waals surface area (Å²) in [5.41, 5.74) is 0.721. The zero-order valence-electron chi connectivity index (χ0n) is 11.3. The van der Waals surface area contributed by atoms with E-state index in [4.69, 9.17) is 4.74 Å². The quantitative estimate of drug-likeness (QED) is 0.580. The molecule has 0 aromatic heterocycles. The topological polar surface area (TPSA) is 46.6 Å². The number of para-hydroxylation sites is 1. The molecule has 104 valence electrons. The fourth-order valence-corrected chi connectivity index (χ4v) is 2.63. The van der Waals surface area contributed by atoms with Crippen LogP contribution in [0.3, 0.4) is 0 Å². The molecule has 2 aliphatic heterocycles. The van der Waals surface area contributed by atoms with Gasteiger partial charge in [-0.25, -0.2) is 0 Å². The Morgan fingerprint density at radius 3 is 2.60 bits per heavy atom. The molecule has 0 atom stereocenters. The average Bonchev–Trinajstić information content (AvgIpc) is 2.61. The first kappa shape index (κ1) is 12.9. The van der Waals surface area contributed by atoms with Gasteiger partial charge in [-0.1, -0.05) is 12.1 Å². The second kappa shape index (κ2) is 5.49. The van der Waals surface area contributed by atoms with Gasteiger partial charge in [0, 0.05) is 19.3 Å². The molecule has 0 spiro atoms. The number of piperidine rings is 1. The van der Waals surface area contributed by atoms with Crippen molar-refractivity contribution >= 4 is 11.6 Å². The maximum atomic E-state index is 12.5. The van der Waals surface area contributed by atoms with Gasteiger partial charge in [0.05, 0.1) is 11.1 Å². The van der Waals surface area contributed by atoms with Gasteiger partial charge in [0.25, 0.3) is 0 Å². The average molecular weight is 271 g/mol. The van der Waals surface area contributed by atoms with Crippen molar-refractivity contribution in [3.8, 4) is 5.75 Å². The van der Waals surface area contributed by atoms with Gasteiger partial charge in [-0.05, 0) is 31.4 Å². The zero-order chi connectivity index (χ0) is 13.9. The first-order valence-electron chi connectivity index (χ1n) is 7.01. The van der Waals surface area contributed by atoms with Crippen molar-refractivity contribution in [1.29, 1.82) is 0 Å². The number of fused-ring (bicyclic) bond motifs is 1. The SMILES string of the molecule is O=C1COc2ccccc2C(=O)C1=CN1CCCCC1. The lowest BCUT2D eigenvalue weighted by Crippen LogP contribution is -2.27. The van der Waals surface area contributed by atoms with E-state index in [1.807, 2.05) is 0 Å². The Labute approximate surface area is 118 Å². The molecule has 0 saturated carbocycles. The van der Waals surface area contributed by atoms with E-state index in [1.54, 1.807) is 30.5 Å². The Hall–Kier alpha value is -2.10. The fourth-order valence-electron chi connectivity index (χ4n) is 2.63. The number of carbonyl (C=O) groups is 2. The number of ketones is 2. The summed E-state index contributed by atoms with van der Waals surface area (Å²) in [6.45, 7) is 1.75. The number of hydrogen-bond donors (Lipinski definition) is 0. The molecule has 0 aliphatic carbocycles. The molecule has 3 rings (SSSR count). The van der Waals surface area contributed by atoms with Gasteiger partial charge in [0.1, 0.15) is 5.75 Å². The van der Waals surface area contributed by atoms with Gasteiger partial charge in [-0.15, -0.1) is 0 Å². The zero-order valence-corrected chi connectivity index (χ0v) is 11.3. The summed E-state index contributed by atoms with van der Waals surface area (Å²) in [4.78, 5) is 26.7. The van der Waals surface area contributed by atoms with Crippen LogP contribution in [0.4, 0.5) is 0 Å². The minimum absolute atomic E-state index is 0.0670. The lowest BCUT2D eigenvalue weighted by molar-refractivity contribution is -0.117. The van der Waals surface area contributed by atoms with E-state index in [0.29, 0.717) is 11.3 Å². The Morgan fingerprint density at radius 1 is 1.05 bits per heavy atom. The molecule has 1 aromatic rings.